The van der Waals surface area contributed by atoms with Gasteiger partial charge >= 0.3 is 12.4 Å². The lowest BCUT2D eigenvalue weighted by Gasteiger charge is -2.33. The highest BCUT2D eigenvalue weighted by Crippen LogP contribution is 2.35. The summed E-state index contributed by atoms with van der Waals surface area (Å²) in [5.41, 5.74) is -2.53. The van der Waals surface area contributed by atoms with Crippen molar-refractivity contribution in [1.29, 1.82) is 0 Å². The van der Waals surface area contributed by atoms with Crippen LogP contribution in [0.5, 0.6) is 0 Å². The molecule has 3 rings (SSSR count). The second-order valence-corrected chi connectivity index (χ2v) is 7.74. The van der Waals surface area contributed by atoms with E-state index in [0.29, 0.717) is 26.2 Å². The van der Waals surface area contributed by atoms with E-state index < -0.39 is 35.3 Å². The number of alkyl halides is 6. The van der Waals surface area contributed by atoms with Crippen molar-refractivity contribution in [2.75, 3.05) is 49.9 Å². The molecule has 0 aromatic heterocycles. The Morgan fingerprint density at radius 1 is 0.647 bits per heavy atom. The SMILES string of the molecule is O=C(CN1CCN(CC(=O)Nc2ccccc2C(F)(F)F)CC1)Nc1ccccc1C(F)(F)F. The highest BCUT2D eigenvalue weighted by atomic mass is 19.4. The molecule has 1 heterocycles. The summed E-state index contributed by atoms with van der Waals surface area (Å²) in [5.74, 6) is -1.21. The van der Waals surface area contributed by atoms with Crippen LogP contribution in [0.15, 0.2) is 48.5 Å². The van der Waals surface area contributed by atoms with E-state index >= 15 is 0 Å². The maximum Gasteiger partial charge on any atom is 0.418 e. The van der Waals surface area contributed by atoms with Gasteiger partial charge in [0.25, 0.3) is 0 Å². The third-order valence-corrected chi connectivity index (χ3v) is 5.21. The highest BCUT2D eigenvalue weighted by Gasteiger charge is 2.34. The molecule has 0 radical (unpaired) electrons. The minimum atomic E-state index is -4.60. The van der Waals surface area contributed by atoms with Crippen molar-refractivity contribution < 1.29 is 35.9 Å². The molecule has 2 N–H and O–H groups in total. The van der Waals surface area contributed by atoms with Crippen LogP contribution in [-0.4, -0.2) is 60.9 Å². The molecule has 6 nitrogen and oxygen atoms in total. The summed E-state index contributed by atoms with van der Waals surface area (Å²) in [6.45, 7) is 1.18. The van der Waals surface area contributed by atoms with Crippen molar-refractivity contribution in [2.24, 2.45) is 0 Å². The molecule has 0 aliphatic carbocycles. The fourth-order valence-corrected chi connectivity index (χ4v) is 3.57. The van der Waals surface area contributed by atoms with E-state index in [0.717, 1.165) is 12.1 Å². The van der Waals surface area contributed by atoms with E-state index in [-0.39, 0.29) is 24.5 Å². The zero-order valence-electron chi connectivity index (χ0n) is 17.8. The van der Waals surface area contributed by atoms with Crippen LogP contribution in [0.3, 0.4) is 0 Å². The molecule has 0 bridgehead atoms. The Hall–Kier alpha value is -3.12. The van der Waals surface area contributed by atoms with Gasteiger partial charge in [0.1, 0.15) is 0 Å². The standard InChI is InChI=1S/C22H22F6N4O2/c23-21(24,25)15-5-1-3-7-17(15)29-19(33)13-31-9-11-32(12-10-31)14-20(34)30-18-8-4-2-6-16(18)22(26,27)28/h1-8H,9-14H2,(H,29,33)(H,30,34). The molecular formula is C22H22F6N4O2. The first-order valence-electron chi connectivity index (χ1n) is 10.3. The molecule has 2 amide bonds. The van der Waals surface area contributed by atoms with Gasteiger partial charge in [-0.3, -0.25) is 19.4 Å². The number of benzene rings is 2. The lowest BCUT2D eigenvalue weighted by molar-refractivity contribution is -0.138. The number of carbonyl (C=O) groups is 2. The van der Waals surface area contributed by atoms with Crippen molar-refractivity contribution in [1.82, 2.24) is 9.80 Å². The minimum Gasteiger partial charge on any atom is -0.324 e. The first kappa shape index (κ1) is 25.5. The molecule has 2 aromatic rings. The number of carbonyl (C=O) groups excluding carboxylic acids is 2. The minimum absolute atomic E-state index is 0.134. The molecule has 12 heteroatoms. The number of piperazine rings is 1. The molecule has 1 aliphatic heterocycles. The topological polar surface area (TPSA) is 64.7 Å². The van der Waals surface area contributed by atoms with Gasteiger partial charge in [0.05, 0.1) is 35.6 Å². The summed E-state index contributed by atoms with van der Waals surface area (Å²) in [6, 6.07) is 9.36. The number of para-hydroxylation sites is 2. The van der Waals surface area contributed by atoms with Crippen LogP contribution in [0.25, 0.3) is 0 Å². The van der Waals surface area contributed by atoms with Gasteiger partial charge < -0.3 is 10.6 Å². The molecule has 0 saturated carbocycles. The number of nitrogens with zero attached hydrogens (tertiary/aromatic N) is 2. The van der Waals surface area contributed by atoms with Crippen molar-refractivity contribution >= 4 is 23.2 Å². The predicted octanol–water partition coefficient (Wildman–Crippen LogP) is 3.92. The van der Waals surface area contributed by atoms with Gasteiger partial charge in [-0.25, -0.2) is 0 Å². The monoisotopic (exact) mass is 488 g/mol. The molecule has 1 aliphatic rings. The Kier molecular flexibility index (Phi) is 7.82. The average Bonchev–Trinajstić information content (AvgIpc) is 2.74. The maximum atomic E-state index is 13.1. The van der Waals surface area contributed by atoms with Gasteiger partial charge in [-0.15, -0.1) is 0 Å². The Bertz CT molecular complexity index is 935. The fraction of sp³-hybridized carbons (Fsp3) is 0.364. The molecule has 184 valence electrons. The van der Waals surface area contributed by atoms with Crippen LogP contribution in [0.2, 0.25) is 0 Å². The summed E-state index contributed by atoms with van der Waals surface area (Å²) in [7, 11) is 0. The van der Waals surface area contributed by atoms with Gasteiger partial charge in [0, 0.05) is 26.2 Å². The van der Waals surface area contributed by atoms with Crippen molar-refractivity contribution in [3.63, 3.8) is 0 Å². The molecule has 0 spiro atoms. The number of rotatable bonds is 6. The molecule has 2 aromatic carbocycles. The van der Waals surface area contributed by atoms with Crippen molar-refractivity contribution in [2.45, 2.75) is 12.4 Å². The van der Waals surface area contributed by atoms with Crippen LogP contribution >= 0.6 is 0 Å². The van der Waals surface area contributed by atoms with Crippen LogP contribution in [0, 0.1) is 0 Å². The second kappa shape index (κ2) is 10.4. The predicted molar refractivity (Wildman–Crippen MR) is 113 cm³/mol. The first-order valence-corrected chi connectivity index (χ1v) is 10.3. The van der Waals surface area contributed by atoms with Gasteiger partial charge in [-0.05, 0) is 24.3 Å². The van der Waals surface area contributed by atoms with Crippen LogP contribution in [0.4, 0.5) is 37.7 Å². The zero-order valence-corrected chi connectivity index (χ0v) is 17.8. The smallest absolute Gasteiger partial charge is 0.324 e. The van der Waals surface area contributed by atoms with Gasteiger partial charge in [0.15, 0.2) is 0 Å². The number of hydrogen-bond acceptors (Lipinski definition) is 4. The van der Waals surface area contributed by atoms with Crippen molar-refractivity contribution in [3.05, 3.63) is 59.7 Å². The van der Waals surface area contributed by atoms with Gasteiger partial charge in [-0.2, -0.15) is 26.3 Å². The molecule has 1 fully saturated rings. The Morgan fingerprint density at radius 2 is 0.971 bits per heavy atom. The number of nitrogens with one attached hydrogen (secondary N) is 2. The van der Waals surface area contributed by atoms with E-state index in [9.17, 15) is 35.9 Å². The molecule has 1 saturated heterocycles. The average molecular weight is 488 g/mol. The third kappa shape index (κ3) is 6.94. The number of amides is 2. The summed E-state index contributed by atoms with van der Waals surface area (Å²) in [6.07, 6.45) is -9.20. The van der Waals surface area contributed by atoms with E-state index in [2.05, 4.69) is 10.6 Å². The molecular weight excluding hydrogens is 466 g/mol. The largest absolute Gasteiger partial charge is 0.418 e. The van der Waals surface area contributed by atoms with E-state index in [1.54, 1.807) is 9.80 Å². The number of halogens is 6. The lowest BCUT2D eigenvalue weighted by atomic mass is 10.1. The zero-order chi connectivity index (χ0) is 24.9. The summed E-state index contributed by atoms with van der Waals surface area (Å²) < 4.78 is 78.4. The fourth-order valence-electron chi connectivity index (χ4n) is 3.57. The van der Waals surface area contributed by atoms with Crippen molar-refractivity contribution in [3.8, 4) is 0 Å². The normalized spacial score (nSPS) is 15.7. The van der Waals surface area contributed by atoms with Gasteiger partial charge in [-0.1, -0.05) is 24.3 Å². The lowest BCUT2D eigenvalue weighted by Crippen LogP contribution is -2.50. The Labute approximate surface area is 191 Å². The highest BCUT2D eigenvalue weighted by molar-refractivity contribution is 5.93. The molecule has 34 heavy (non-hydrogen) atoms. The molecule has 0 unspecified atom stereocenters. The summed E-state index contributed by atoms with van der Waals surface area (Å²) >= 11 is 0. The van der Waals surface area contributed by atoms with E-state index in [4.69, 9.17) is 0 Å². The van der Waals surface area contributed by atoms with E-state index in [1.807, 2.05) is 0 Å². The summed E-state index contributed by atoms with van der Waals surface area (Å²) in [5, 5.41) is 4.56. The Balaban J connectivity index is 1.47. The number of hydrogen-bond donors (Lipinski definition) is 2. The summed E-state index contributed by atoms with van der Waals surface area (Å²) in [4.78, 5) is 27.9. The molecule has 0 atom stereocenters. The Morgan fingerprint density at radius 3 is 1.29 bits per heavy atom. The van der Waals surface area contributed by atoms with Crippen LogP contribution < -0.4 is 10.6 Å². The van der Waals surface area contributed by atoms with Crippen LogP contribution in [-0.2, 0) is 21.9 Å². The third-order valence-electron chi connectivity index (χ3n) is 5.21. The van der Waals surface area contributed by atoms with Crippen LogP contribution in [0.1, 0.15) is 11.1 Å². The van der Waals surface area contributed by atoms with Gasteiger partial charge in [0.2, 0.25) is 11.8 Å². The first-order chi connectivity index (χ1) is 15.9. The quantitative estimate of drug-likeness (QED) is 0.606. The second-order valence-electron chi connectivity index (χ2n) is 7.74. The maximum absolute atomic E-state index is 13.1. The number of anilines is 2. The van der Waals surface area contributed by atoms with E-state index in [1.165, 1.54) is 36.4 Å².